The maximum Gasteiger partial charge on any atom is 0.331 e. The van der Waals surface area contributed by atoms with Crippen LogP contribution >= 0.6 is 0 Å². The van der Waals surface area contributed by atoms with E-state index >= 15 is 0 Å². The number of carbonyl (C=O) groups excluding carboxylic acids is 1. The fraction of sp³-hybridized carbons (Fsp3) is 0.375. The molecule has 4 nitrogen and oxygen atoms in total. The van der Waals surface area contributed by atoms with E-state index in [4.69, 9.17) is 5.11 Å². The van der Waals surface area contributed by atoms with Crippen molar-refractivity contribution in [2.75, 3.05) is 0 Å². The van der Waals surface area contributed by atoms with Crippen LogP contribution in [0.2, 0.25) is 0 Å². The Kier molecular flexibility index (Phi) is 6.81. The lowest BCUT2D eigenvalue weighted by Gasteiger charge is -2.15. The van der Waals surface area contributed by atoms with Gasteiger partial charge in [-0.3, -0.25) is 4.79 Å². The topological polar surface area (TPSA) is 66.4 Å². The van der Waals surface area contributed by atoms with Crippen molar-refractivity contribution < 1.29 is 27.9 Å². The number of hydrogen-bond acceptors (Lipinski definition) is 2. The van der Waals surface area contributed by atoms with Crippen molar-refractivity contribution in [3.05, 3.63) is 47.0 Å². The summed E-state index contributed by atoms with van der Waals surface area (Å²) < 4.78 is 37.7. The summed E-state index contributed by atoms with van der Waals surface area (Å²) in [6.45, 7) is 3.18. The molecule has 0 aliphatic rings. The third-order valence-corrected chi connectivity index (χ3v) is 3.33. The number of carbonyl (C=O) groups is 2. The molecule has 1 aromatic carbocycles. The molecular weight excluding hydrogens is 311 g/mol. The number of alkyl halides is 3. The van der Waals surface area contributed by atoms with Gasteiger partial charge in [0.15, 0.2) is 6.17 Å². The number of amides is 1. The van der Waals surface area contributed by atoms with Gasteiger partial charge in [0.25, 0.3) is 6.43 Å². The Morgan fingerprint density at radius 1 is 1.17 bits per heavy atom. The Balaban J connectivity index is 2.69. The Labute approximate surface area is 132 Å². The van der Waals surface area contributed by atoms with Gasteiger partial charge in [0.1, 0.15) is 0 Å². The van der Waals surface area contributed by atoms with Crippen LogP contribution < -0.4 is 5.32 Å². The number of carboxylic acid groups (broad SMARTS) is 1. The highest BCUT2D eigenvalue weighted by molar-refractivity contribution is 5.94. The molecule has 2 N–H and O–H groups in total. The average molecular weight is 329 g/mol. The van der Waals surface area contributed by atoms with Crippen LogP contribution in [-0.2, 0) is 9.59 Å². The molecule has 0 heterocycles. The van der Waals surface area contributed by atoms with E-state index in [-0.39, 0.29) is 17.6 Å². The van der Waals surface area contributed by atoms with Gasteiger partial charge in [-0.1, -0.05) is 30.3 Å². The van der Waals surface area contributed by atoms with E-state index in [0.29, 0.717) is 5.56 Å². The number of nitrogens with one attached hydrogen (secondary N) is 1. The van der Waals surface area contributed by atoms with E-state index in [1.54, 1.807) is 6.92 Å². The number of aliphatic carboxylic acids is 1. The molecule has 0 saturated heterocycles. The van der Waals surface area contributed by atoms with E-state index in [2.05, 4.69) is 5.32 Å². The van der Waals surface area contributed by atoms with Gasteiger partial charge in [-0.15, -0.1) is 0 Å². The van der Waals surface area contributed by atoms with Gasteiger partial charge in [-0.25, -0.2) is 18.0 Å². The third kappa shape index (κ3) is 5.43. The summed E-state index contributed by atoms with van der Waals surface area (Å²) in [5.41, 5.74) is 0.438. The number of halogens is 3. The predicted octanol–water partition coefficient (Wildman–Crippen LogP) is 3.56. The second-order valence-corrected chi connectivity index (χ2v) is 4.99. The fourth-order valence-corrected chi connectivity index (χ4v) is 1.96. The first kappa shape index (κ1) is 18.7. The third-order valence-electron chi connectivity index (χ3n) is 3.33. The van der Waals surface area contributed by atoms with Crippen molar-refractivity contribution in [1.82, 2.24) is 5.32 Å². The predicted molar refractivity (Wildman–Crippen MR) is 78.9 cm³/mol. The summed E-state index contributed by atoms with van der Waals surface area (Å²) in [7, 11) is 0. The molecule has 0 spiro atoms. The van der Waals surface area contributed by atoms with Crippen molar-refractivity contribution in [3.8, 4) is 0 Å². The largest absolute Gasteiger partial charge is 0.478 e. The molecule has 0 radical (unpaired) electrons. The highest BCUT2D eigenvalue weighted by Crippen LogP contribution is 2.26. The standard InChI is InChI=1S/C16H18F3NO3/c1-3-10(16(22)23)8-13(21)20-9(2)11-4-6-12(7-5-11)14(17)15(18)19/h3-7,9,14-15H,8H2,1-2H3,(H,20,21)(H,22,23)/b10-3-. The summed E-state index contributed by atoms with van der Waals surface area (Å²) in [6, 6.07) is 4.91. The van der Waals surface area contributed by atoms with Crippen molar-refractivity contribution in [1.29, 1.82) is 0 Å². The molecule has 0 aliphatic heterocycles. The summed E-state index contributed by atoms with van der Waals surface area (Å²) in [5.74, 6) is -1.64. The minimum absolute atomic E-state index is 0.0257. The molecule has 0 aliphatic carbocycles. The summed E-state index contributed by atoms with van der Waals surface area (Å²) in [6.07, 6.45) is -4.37. The second kappa shape index (κ2) is 8.36. The molecule has 1 aromatic rings. The quantitative estimate of drug-likeness (QED) is 0.752. The van der Waals surface area contributed by atoms with Crippen molar-refractivity contribution in [2.24, 2.45) is 0 Å². The molecule has 0 aromatic heterocycles. The van der Waals surface area contributed by atoms with Crippen molar-refractivity contribution >= 4 is 11.9 Å². The van der Waals surface area contributed by atoms with E-state index in [1.807, 2.05) is 0 Å². The number of carboxylic acids is 1. The van der Waals surface area contributed by atoms with Gasteiger partial charge in [0, 0.05) is 5.57 Å². The second-order valence-electron chi connectivity index (χ2n) is 4.99. The van der Waals surface area contributed by atoms with Gasteiger partial charge in [-0.05, 0) is 25.0 Å². The lowest BCUT2D eigenvalue weighted by Crippen LogP contribution is -2.27. The monoisotopic (exact) mass is 329 g/mol. The lowest BCUT2D eigenvalue weighted by atomic mass is 10.0. The number of rotatable bonds is 7. The molecule has 1 amide bonds. The molecule has 0 bridgehead atoms. The first-order chi connectivity index (χ1) is 10.8. The number of benzene rings is 1. The van der Waals surface area contributed by atoms with Gasteiger partial charge in [0.05, 0.1) is 12.5 Å². The smallest absolute Gasteiger partial charge is 0.331 e. The summed E-state index contributed by atoms with van der Waals surface area (Å²) >= 11 is 0. The van der Waals surface area contributed by atoms with Gasteiger partial charge < -0.3 is 10.4 Å². The zero-order valence-corrected chi connectivity index (χ0v) is 12.7. The minimum atomic E-state index is -3.09. The molecule has 1 rings (SSSR count). The van der Waals surface area contributed by atoms with Crippen LogP contribution in [0.15, 0.2) is 35.9 Å². The van der Waals surface area contributed by atoms with E-state index in [9.17, 15) is 22.8 Å². The highest BCUT2D eigenvalue weighted by Gasteiger charge is 2.21. The van der Waals surface area contributed by atoms with Crippen LogP contribution in [0.1, 0.15) is 43.6 Å². The Bertz CT molecular complexity index is 585. The molecular formula is C16H18F3NO3. The van der Waals surface area contributed by atoms with E-state index < -0.39 is 30.5 Å². The van der Waals surface area contributed by atoms with Crippen molar-refractivity contribution in [2.45, 2.75) is 38.9 Å². The molecule has 0 fully saturated rings. The van der Waals surface area contributed by atoms with Crippen LogP contribution in [-0.4, -0.2) is 23.4 Å². The highest BCUT2D eigenvalue weighted by atomic mass is 19.3. The van der Waals surface area contributed by atoms with Gasteiger partial charge in [0.2, 0.25) is 5.91 Å². The number of hydrogen-bond donors (Lipinski definition) is 2. The summed E-state index contributed by atoms with van der Waals surface area (Å²) in [4.78, 5) is 22.6. The first-order valence-corrected chi connectivity index (χ1v) is 6.96. The Morgan fingerprint density at radius 3 is 2.13 bits per heavy atom. The van der Waals surface area contributed by atoms with Gasteiger partial charge in [-0.2, -0.15) is 0 Å². The molecule has 23 heavy (non-hydrogen) atoms. The van der Waals surface area contributed by atoms with E-state index in [1.165, 1.54) is 37.3 Å². The maximum absolute atomic E-state index is 13.2. The first-order valence-electron chi connectivity index (χ1n) is 6.96. The Hall–Kier alpha value is -2.31. The molecule has 2 atom stereocenters. The van der Waals surface area contributed by atoms with Crippen molar-refractivity contribution in [3.63, 3.8) is 0 Å². The molecule has 7 heteroatoms. The zero-order chi connectivity index (χ0) is 17.6. The summed E-state index contributed by atoms with van der Waals surface area (Å²) in [5, 5.41) is 11.5. The lowest BCUT2D eigenvalue weighted by molar-refractivity contribution is -0.134. The number of allylic oxidation sites excluding steroid dienone is 1. The van der Waals surface area contributed by atoms with Crippen LogP contribution in [0.25, 0.3) is 0 Å². The van der Waals surface area contributed by atoms with Crippen LogP contribution in [0.4, 0.5) is 13.2 Å². The minimum Gasteiger partial charge on any atom is -0.478 e. The molecule has 2 unspecified atom stereocenters. The maximum atomic E-state index is 13.2. The zero-order valence-electron chi connectivity index (χ0n) is 12.7. The van der Waals surface area contributed by atoms with Gasteiger partial charge >= 0.3 is 5.97 Å². The SMILES string of the molecule is C/C=C(/CC(=O)NC(C)c1ccc(C(F)C(F)F)cc1)C(=O)O. The fourth-order valence-electron chi connectivity index (χ4n) is 1.96. The Morgan fingerprint density at radius 2 is 1.70 bits per heavy atom. The van der Waals surface area contributed by atoms with Crippen LogP contribution in [0.5, 0.6) is 0 Å². The molecule has 126 valence electrons. The van der Waals surface area contributed by atoms with E-state index in [0.717, 1.165) is 0 Å². The molecule has 0 saturated carbocycles. The van der Waals surface area contributed by atoms with Crippen LogP contribution in [0, 0.1) is 0 Å². The van der Waals surface area contributed by atoms with Crippen LogP contribution in [0.3, 0.4) is 0 Å². The average Bonchev–Trinajstić information content (AvgIpc) is 2.51. The normalized spacial score (nSPS) is 14.4.